The van der Waals surface area contributed by atoms with Crippen molar-refractivity contribution in [2.75, 3.05) is 6.26 Å². The van der Waals surface area contributed by atoms with E-state index in [4.69, 9.17) is 11.6 Å². The first-order chi connectivity index (χ1) is 10.7. The van der Waals surface area contributed by atoms with E-state index in [1.165, 1.54) is 6.26 Å². The first-order valence-corrected chi connectivity index (χ1v) is 9.51. The molecule has 6 heteroatoms. The van der Waals surface area contributed by atoms with E-state index in [-0.39, 0.29) is 17.7 Å². The van der Waals surface area contributed by atoms with Gasteiger partial charge in [-0.3, -0.25) is 4.79 Å². The summed E-state index contributed by atoms with van der Waals surface area (Å²) in [5.41, 5.74) is 2.11. The zero-order valence-corrected chi connectivity index (χ0v) is 14.5. The average molecular weight is 352 g/mol. The van der Waals surface area contributed by atoms with E-state index in [2.05, 4.69) is 5.32 Å². The monoisotopic (exact) mass is 351 g/mol. The summed E-state index contributed by atoms with van der Waals surface area (Å²) in [5.74, 6) is -0.242. The first-order valence-electron chi connectivity index (χ1n) is 7.07. The lowest BCUT2D eigenvalue weighted by atomic mass is 10.1. The van der Waals surface area contributed by atoms with Gasteiger partial charge in [-0.1, -0.05) is 35.9 Å². The van der Waals surface area contributed by atoms with E-state index in [0.717, 1.165) is 5.56 Å². The van der Waals surface area contributed by atoms with Crippen molar-refractivity contribution in [3.8, 4) is 0 Å². The van der Waals surface area contributed by atoms with Gasteiger partial charge < -0.3 is 5.32 Å². The van der Waals surface area contributed by atoms with Crippen molar-refractivity contribution in [1.82, 2.24) is 5.32 Å². The first kappa shape index (κ1) is 17.5. The van der Waals surface area contributed by atoms with Crippen molar-refractivity contribution < 1.29 is 13.2 Å². The van der Waals surface area contributed by atoms with Gasteiger partial charge in [-0.2, -0.15) is 0 Å². The van der Waals surface area contributed by atoms with E-state index in [1.54, 1.807) is 36.4 Å². The minimum atomic E-state index is -3.08. The van der Waals surface area contributed by atoms with E-state index in [1.807, 2.05) is 19.1 Å². The molecular formula is C17H18ClNO3S. The van der Waals surface area contributed by atoms with E-state index < -0.39 is 9.84 Å². The van der Waals surface area contributed by atoms with E-state index in [9.17, 15) is 13.2 Å². The minimum Gasteiger partial charge on any atom is -0.346 e. The average Bonchev–Trinajstić information content (AvgIpc) is 2.46. The number of carbonyl (C=O) groups excluding carboxylic acids is 1. The smallest absolute Gasteiger partial charge is 0.251 e. The Labute approximate surface area is 141 Å². The number of hydrogen-bond acceptors (Lipinski definition) is 3. The molecule has 0 saturated carbocycles. The lowest BCUT2D eigenvalue weighted by molar-refractivity contribution is 0.0940. The summed E-state index contributed by atoms with van der Waals surface area (Å²) in [6, 6.07) is 13.7. The molecule has 2 aromatic carbocycles. The van der Waals surface area contributed by atoms with Gasteiger partial charge in [0, 0.05) is 16.8 Å². The Morgan fingerprint density at radius 1 is 1.09 bits per heavy atom. The van der Waals surface area contributed by atoms with Crippen LogP contribution in [0.3, 0.4) is 0 Å². The highest BCUT2D eigenvalue weighted by Crippen LogP contribution is 2.17. The predicted octanol–water partition coefficient (Wildman–Crippen LogP) is 3.38. The second-order valence-electron chi connectivity index (χ2n) is 5.51. The highest BCUT2D eigenvalue weighted by molar-refractivity contribution is 7.89. The molecule has 23 heavy (non-hydrogen) atoms. The van der Waals surface area contributed by atoms with Crippen molar-refractivity contribution in [2.45, 2.75) is 18.7 Å². The summed E-state index contributed by atoms with van der Waals surface area (Å²) in [5, 5.41) is 3.55. The lowest BCUT2D eigenvalue weighted by Crippen LogP contribution is -2.26. The molecule has 2 rings (SSSR count). The Bertz CT molecular complexity index is 784. The molecule has 0 heterocycles. The summed E-state index contributed by atoms with van der Waals surface area (Å²) in [6.45, 7) is 1.89. The maximum Gasteiger partial charge on any atom is 0.251 e. The number of sulfone groups is 1. The minimum absolute atomic E-state index is 0.0317. The third-order valence-corrected chi connectivity index (χ3v) is 4.47. The lowest BCUT2D eigenvalue weighted by Gasteiger charge is -2.14. The third kappa shape index (κ3) is 5.37. The van der Waals surface area contributed by atoms with Crippen molar-refractivity contribution in [1.29, 1.82) is 0 Å². The molecule has 0 unspecified atom stereocenters. The van der Waals surface area contributed by atoms with E-state index in [0.29, 0.717) is 16.1 Å². The van der Waals surface area contributed by atoms with Gasteiger partial charge in [0.25, 0.3) is 5.91 Å². The molecule has 0 aliphatic carbocycles. The van der Waals surface area contributed by atoms with Crippen LogP contribution >= 0.6 is 11.6 Å². The molecule has 1 atom stereocenters. The van der Waals surface area contributed by atoms with Gasteiger partial charge in [-0.15, -0.1) is 0 Å². The maximum absolute atomic E-state index is 12.2. The molecule has 0 saturated heterocycles. The number of hydrogen-bond donors (Lipinski definition) is 1. The summed E-state index contributed by atoms with van der Waals surface area (Å²) in [4.78, 5) is 12.2. The Kier molecular flexibility index (Phi) is 5.44. The van der Waals surface area contributed by atoms with E-state index >= 15 is 0 Å². The second kappa shape index (κ2) is 7.15. The van der Waals surface area contributed by atoms with Crippen molar-refractivity contribution in [3.63, 3.8) is 0 Å². The largest absolute Gasteiger partial charge is 0.346 e. The number of rotatable bonds is 5. The number of amides is 1. The normalized spacial score (nSPS) is 12.7. The van der Waals surface area contributed by atoms with Crippen molar-refractivity contribution in [2.24, 2.45) is 0 Å². The Balaban J connectivity index is 2.04. The SMILES string of the molecule is C[C@H](NC(=O)c1ccc(CS(C)(=O)=O)cc1)c1ccc(Cl)cc1. The van der Waals surface area contributed by atoms with Gasteiger partial charge in [0.1, 0.15) is 0 Å². The summed E-state index contributed by atoms with van der Waals surface area (Å²) >= 11 is 5.85. The number of benzene rings is 2. The van der Waals surface area contributed by atoms with Gasteiger partial charge >= 0.3 is 0 Å². The van der Waals surface area contributed by atoms with Crippen LogP contribution in [0, 0.1) is 0 Å². The Morgan fingerprint density at radius 2 is 1.65 bits per heavy atom. The zero-order chi connectivity index (χ0) is 17.0. The molecular weight excluding hydrogens is 334 g/mol. The molecule has 122 valence electrons. The third-order valence-electron chi connectivity index (χ3n) is 3.36. The van der Waals surface area contributed by atoms with Gasteiger partial charge in [0.05, 0.1) is 11.8 Å². The zero-order valence-electron chi connectivity index (χ0n) is 12.9. The molecule has 0 fully saturated rings. The molecule has 1 N–H and O–H groups in total. The van der Waals surface area contributed by atoms with Crippen LogP contribution in [-0.2, 0) is 15.6 Å². The predicted molar refractivity (Wildman–Crippen MR) is 92.3 cm³/mol. The van der Waals surface area contributed by atoms with Crippen LogP contribution in [0.25, 0.3) is 0 Å². The molecule has 0 aliphatic heterocycles. The topological polar surface area (TPSA) is 63.2 Å². The van der Waals surface area contributed by atoms with Crippen LogP contribution in [0.2, 0.25) is 5.02 Å². The fraction of sp³-hybridized carbons (Fsp3) is 0.235. The van der Waals surface area contributed by atoms with Crippen LogP contribution in [0.4, 0.5) is 0 Å². The molecule has 4 nitrogen and oxygen atoms in total. The summed E-state index contributed by atoms with van der Waals surface area (Å²) in [6.07, 6.45) is 1.18. The quantitative estimate of drug-likeness (QED) is 0.898. The van der Waals surface area contributed by atoms with Crippen LogP contribution in [0.15, 0.2) is 48.5 Å². The molecule has 0 bridgehead atoms. The van der Waals surface area contributed by atoms with Crippen LogP contribution < -0.4 is 5.32 Å². The van der Waals surface area contributed by atoms with Crippen molar-refractivity contribution in [3.05, 3.63) is 70.2 Å². The standard InChI is InChI=1S/C17H18ClNO3S/c1-12(14-7-9-16(18)10-8-14)19-17(20)15-5-3-13(4-6-15)11-23(2,21)22/h3-10,12H,11H2,1-2H3,(H,19,20)/t12-/m0/s1. The van der Waals surface area contributed by atoms with Crippen LogP contribution in [-0.4, -0.2) is 20.6 Å². The van der Waals surface area contributed by atoms with Crippen LogP contribution in [0.1, 0.15) is 34.5 Å². The second-order valence-corrected chi connectivity index (χ2v) is 8.09. The van der Waals surface area contributed by atoms with Crippen molar-refractivity contribution >= 4 is 27.3 Å². The fourth-order valence-corrected chi connectivity index (χ4v) is 3.09. The fourth-order valence-electron chi connectivity index (χ4n) is 2.17. The van der Waals surface area contributed by atoms with Gasteiger partial charge in [0.2, 0.25) is 0 Å². The van der Waals surface area contributed by atoms with Gasteiger partial charge in [-0.05, 0) is 42.3 Å². The van der Waals surface area contributed by atoms with Gasteiger partial charge in [-0.25, -0.2) is 8.42 Å². The maximum atomic E-state index is 12.2. The number of carbonyl (C=O) groups is 1. The molecule has 1 amide bonds. The molecule has 2 aromatic rings. The molecule has 0 aliphatic rings. The van der Waals surface area contributed by atoms with Gasteiger partial charge in [0.15, 0.2) is 9.84 Å². The molecule has 0 aromatic heterocycles. The summed E-state index contributed by atoms with van der Waals surface area (Å²) in [7, 11) is -3.08. The number of halogens is 1. The molecule has 0 spiro atoms. The number of nitrogens with one attached hydrogen (secondary N) is 1. The highest BCUT2D eigenvalue weighted by atomic mass is 35.5. The summed E-state index contributed by atoms with van der Waals surface area (Å²) < 4.78 is 22.5. The Hall–Kier alpha value is -1.85. The Morgan fingerprint density at radius 3 is 2.17 bits per heavy atom. The van der Waals surface area contributed by atoms with Crippen LogP contribution in [0.5, 0.6) is 0 Å². The highest BCUT2D eigenvalue weighted by Gasteiger charge is 2.12. The molecule has 0 radical (unpaired) electrons.